The fraction of sp³-hybridized carbons (Fsp3) is 0.462. The number of anilines is 1. The highest BCUT2D eigenvalue weighted by Gasteiger charge is 2.14. The van der Waals surface area contributed by atoms with Crippen molar-refractivity contribution in [2.45, 2.75) is 25.4 Å². The van der Waals surface area contributed by atoms with Crippen molar-refractivity contribution in [2.24, 2.45) is 0 Å². The molecule has 1 aromatic carbocycles. The van der Waals surface area contributed by atoms with Crippen LogP contribution in [0.2, 0.25) is 5.02 Å². The van der Waals surface area contributed by atoms with Crippen LogP contribution in [0.15, 0.2) is 24.3 Å². The fourth-order valence-corrected chi connectivity index (χ4v) is 2.01. The lowest BCUT2D eigenvalue weighted by Crippen LogP contribution is -2.37. The minimum absolute atomic E-state index is 0.148. The topological polar surface area (TPSA) is 50.4 Å². The Morgan fingerprint density at radius 3 is 2.78 bits per heavy atom. The summed E-state index contributed by atoms with van der Waals surface area (Å²) in [6.07, 6.45) is 3.45. The second-order valence-electron chi connectivity index (χ2n) is 4.33. The normalized spacial score (nSPS) is 19.3. The molecule has 1 unspecified atom stereocenters. The number of ether oxygens (including phenoxy) is 1. The van der Waals surface area contributed by atoms with Gasteiger partial charge in [0.15, 0.2) is 0 Å². The number of urea groups is 1. The highest BCUT2D eigenvalue weighted by molar-refractivity contribution is 6.30. The molecule has 1 aliphatic rings. The molecule has 2 amide bonds. The lowest BCUT2D eigenvalue weighted by Gasteiger charge is -2.22. The lowest BCUT2D eigenvalue weighted by molar-refractivity contribution is 0.0187. The van der Waals surface area contributed by atoms with Crippen LogP contribution in [0.3, 0.4) is 0 Å². The second kappa shape index (κ2) is 6.61. The zero-order valence-corrected chi connectivity index (χ0v) is 10.9. The van der Waals surface area contributed by atoms with Crippen LogP contribution in [0.1, 0.15) is 19.3 Å². The number of hydrogen-bond donors (Lipinski definition) is 2. The van der Waals surface area contributed by atoms with Crippen LogP contribution in [-0.2, 0) is 4.74 Å². The van der Waals surface area contributed by atoms with Crippen LogP contribution in [0.25, 0.3) is 0 Å². The maximum absolute atomic E-state index is 11.6. The molecule has 0 bridgehead atoms. The van der Waals surface area contributed by atoms with Gasteiger partial charge >= 0.3 is 6.03 Å². The van der Waals surface area contributed by atoms with E-state index in [1.54, 1.807) is 24.3 Å². The molecule has 4 nitrogen and oxygen atoms in total. The molecule has 18 heavy (non-hydrogen) atoms. The van der Waals surface area contributed by atoms with Crippen LogP contribution in [0.5, 0.6) is 0 Å². The zero-order valence-electron chi connectivity index (χ0n) is 10.1. The third-order valence-corrected chi connectivity index (χ3v) is 3.12. The summed E-state index contributed by atoms with van der Waals surface area (Å²) in [5.74, 6) is 0. The van der Waals surface area contributed by atoms with Crippen molar-refractivity contribution in [3.63, 3.8) is 0 Å². The molecule has 1 aromatic rings. The summed E-state index contributed by atoms with van der Waals surface area (Å²) >= 11 is 5.77. The monoisotopic (exact) mass is 268 g/mol. The third kappa shape index (κ3) is 4.20. The average molecular weight is 269 g/mol. The van der Waals surface area contributed by atoms with E-state index in [1.807, 2.05) is 0 Å². The standard InChI is InChI=1S/C13H17ClN2O2/c14-10-4-6-11(7-5-10)16-13(17)15-9-12-3-1-2-8-18-12/h4-7,12H,1-3,8-9H2,(H2,15,16,17). The second-order valence-corrected chi connectivity index (χ2v) is 4.77. The SMILES string of the molecule is O=C(NCC1CCCCO1)Nc1ccc(Cl)cc1. The van der Waals surface area contributed by atoms with E-state index in [2.05, 4.69) is 10.6 Å². The van der Waals surface area contributed by atoms with Gasteiger partial charge in [-0.1, -0.05) is 11.6 Å². The molecule has 1 fully saturated rings. The first-order chi connectivity index (χ1) is 8.74. The van der Waals surface area contributed by atoms with E-state index in [1.165, 1.54) is 6.42 Å². The van der Waals surface area contributed by atoms with E-state index in [0.717, 1.165) is 25.1 Å². The van der Waals surface area contributed by atoms with Crippen LogP contribution in [0.4, 0.5) is 10.5 Å². The minimum atomic E-state index is -0.216. The van der Waals surface area contributed by atoms with E-state index >= 15 is 0 Å². The Morgan fingerprint density at radius 2 is 2.11 bits per heavy atom. The van der Waals surface area contributed by atoms with E-state index in [0.29, 0.717) is 11.6 Å². The zero-order chi connectivity index (χ0) is 12.8. The first kappa shape index (κ1) is 13.2. The van der Waals surface area contributed by atoms with Crippen LogP contribution < -0.4 is 10.6 Å². The number of hydrogen-bond acceptors (Lipinski definition) is 2. The van der Waals surface area contributed by atoms with E-state index in [4.69, 9.17) is 16.3 Å². The molecule has 0 spiro atoms. The van der Waals surface area contributed by atoms with E-state index < -0.39 is 0 Å². The van der Waals surface area contributed by atoms with Crippen molar-refractivity contribution in [1.82, 2.24) is 5.32 Å². The predicted molar refractivity (Wildman–Crippen MR) is 72.1 cm³/mol. The van der Waals surface area contributed by atoms with Gasteiger partial charge in [0.25, 0.3) is 0 Å². The molecule has 5 heteroatoms. The Morgan fingerprint density at radius 1 is 1.33 bits per heavy atom. The summed E-state index contributed by atoms with van der Waals surface area (Å²) < 4.78 is 5.53. The first-order valence-electron chi connectivity index (χ1n) is 6.16. The van der Waals surface area contributed by atoms with Crippen LogP contribution in [-0.4, -0.2) is 25.3 Å². The molecule has 2 rings (SSSR count). The third-order valence-electron chi connectivity index (χ3n) is 2.87. The van der Waals surface area contributed by atoms with E-state index in [9.17, 15) is 4.79 Å². The van der Waals surface area contributed by atoms with Gasteiger partial charge in [0.1, 0.15) is 0 Å². The number of carbonyl (C=O) groups is 1. The molecule has 2 N–H and O–H groups in total. The van der Waals surface area contributed by atoms with Gasteiger partial charge < -0.3 is 15.4 Å². The first-order valence-corrected chi connectivity index (χ1v) is 6.54. The maximum atomic E-state index is 11.6. The predicted octanol–water partition coefficient (Wildman–Crippen LogP) is 3.03. The van der Waals surface area contributed by atoms with Crippen molar-refractivity contribution in [2.75, 3.05) is 18.5 Å². The summed E-state index contributed by atoms with van der Waals surface area (Å²) in [5.41, 5.74) is 0.724. The number of rotatable bonds is 3. The number of halogens is 1. The molecule has 0 saturated carbocycles. The maximum Gasteiger partial charge on any atom is 0.319 e. The smallest absolute Gasteiger partial charge is 0.319 e. The molecule has 0 aliphatic carbocycles. The van der Waals surface area contributed by atoms with Gasteiger partial charge in [-0.25, -0.2) is 4.79 Å². The van der Waals surface area contributed by atoms with Gasteiger partial charge in [-0.2, -0.15) is 0 Å². The van der Waals surface area contributed by atoms with Crippen LogP contribution in [0, 0.1) is 0 Å². The van der Waals surface area contributed by atoms with Gasteiger partial charge in [0, 0.05) is 23.9 Å². The highest BCUT2D eigenvalue weighted by Crippen LogP contribution is 2.14. The Balaban J connectivity index is 1.73. The van der Waals surface area contributed by atoms with Gasteiger partial charge in [0.2, 0.25) is 0 Å². The Kier molecular flexibility index (Phi) is 4.84. The largest absolute Gasteiger partial charge is 0.376 e. The molecule has 1 heterocycles. The lowest BCUT2D eigenvalue weighted by atomic mass is 10.1. The summed E-state index contributed by atoms with van der Waals surface area (Å²) in [5, 5.41) is 6.20. The van der Waals surface area contributed by atoms with Gasteiger partial charge in [-0.15, -0.1) is 0 Å². The van der Waals surface area contributed by atoms with Gasteiger partial charge in [-0.05, 0) is 43.5 Å². The van der Waals surface area contributed by atoms with Crippen molar-refractivity contribution in [3.05, 3.63) is 29.3 Å². The van der Waals surface area contributed by atoms with Crippen molar-refractivity contribution in [1.29, 1.82) is 0 Å². The minimum Gasteiger partial charge on any atom is -0.376 e. The molecule has 98 valence electrons. The van der Waals surface area contributed by atoms with Gasteiger partial charge in [0.05, 0.1) is 6.10 Å². The Labute approximate surface area is 112 Å². The molecular weight excluding hydrogens is 252 g/mol. The van der Waals surface area contributed by atoms with E-state index in [-0.39, 0.29) is 12.1 Å². The fourth-order valence-electron chi connectivity index (χ4n) is 1.88. The van der Waals surface area contributed by atoms with Crippen molar-refractivity contribution in [3.8, 4) is 0 Å². The summed E-state index contributed by atoms with van der Waals surface area (Å²) in [7, 11) is 0. The number of carbonyl (C=O) groups excluding carboxylic acids is 1. The molecular formula is C13H17ClN2O2. The van der Waals surface area contributed by atoms with Gasteiger partial charge in [-0.3, -0.25) is 0 Å². The molecule has 1 aliphatic heterocycles. The summed E-state index contributed by atoms with van der Waals surface area (Å²) in [6.45, 7) is 1.35. The summed E-state index contributed by atoms with van der Waals surface area (Å²) in [4.78, 5) is 11.6. The molecule has 0 aromatic heterocycles. The highest BCUT2D eigenvalue weighted by atomic mass is 35.5. The molecule has 1 atom stereocenters. The molecule has 0 radical (unpaired) electrons. The number of amides is 2. The van der Waals surface area contributed by atoms with Crippen LogP contribution >= 0.6 is 11.6 Å². The number of benzene rings is 1. The Bertz CT molecular complexity index is 388. The quantitative estimate of drug-likeness (QED) is 0.885. The molecule has 1 saturated heterocycles. The van der Waals surface area contributed by atoms with Crippen molar-refractivity contribution >= 4 is 23.3 Å². The number of nitrogens with one attached hydrogen (secondary N) is 2. The average Bonchev–Trinajstić information content (AvgIpc) is 2.40. The Hall–Kier alpha value is -1.26. The van der Waals surface area contributed by atoms with Crippen molar-refractivity contribution < 1.29 is 9.53 Å². The summed E-state index contributed by atoms with van der Waals surface area (Å²) in [6, 6.07) is 6.78.